The first-order chi connectivity index (χ1) is 9.41. The van der Waals surface area contributed by atoms with Gasteiger partial charge >= 0.3 is 0 Å². The standard InChI is InChI=1S/C16H27N3O/c1-6-17-13(3)14-7-8-15(18-9-14)19-10-12(2)20-16(4,5)11-19/h7-9,12-13,17H,6,10-11H2,1-5H3. The Hall–Kier alpha value is -1.13. The zero-order valence-corrected chi connectivity index (χ0v) is 13.3. The number of morpholine rings is 1. The number of anilines is 1. The summed E-state index contributed by atoms with van der Waals surface area (Å²) in [6.07, 6.45) is 2.22. The lowest BCUT2D eigenvalue weighted by Crippen LogP contribution is -2.52. The Morgan fingerprint density at radius 2 is 2.25 bits per heavy atom. The first kappa shape index (κ1) is 15.3. The molecule has 2 heterocycles. The van der Waals surface area contributed by atoms with Crippen LogP contribution in [0.3, 0.4) is 0 Å². The Balaban J connectivity index is 2.09. The number of ether oxygens (including phenoxy) is 1. The van der Waals surface area contributed by atoms with Gasteiger partial charge in [0.25, 0.3) is 0 Å². The van der Waals surface area contributed by atoms with Crippen LogP contribution in [-0.2, 0) is 4.74 Å². The normalized spacial score (nSPS) is 23.6. The fourth-order valence-corrected chi connectivity index (χ4v) is 2.89. The number of rotatable bonds is 4. The third-order valence-corrected chi connectivity index (χ3v) is 3.67. The van der Waals surface area contributed by atoms with E-state index in [0.717, 1.165) is 25.5 Å². The summed E-state index contributed by atoms with van der Waals surface area (Å²) in [5.74, 6) is 1.04. The molecule has 1 saturated heterocycles. The van der Waals surface area contributed by atoms with Gasteiger partial charge in [-0.15, -0.1) is 0 Å². The predicted octanol–water partition coefficient (Wildman–Crippen LogP) is 2.76. The lowest BCUT2D eigenvalue weighted by Gasteiger charge is -2.42. The van der Waals surface area contributed by atoms with E-state index in [9.17, 15) is 0 Å². The van der Waals surface area contributed by atoms with Crippen molar-refractivity contribution < 1.29 is 4.74 Å². The topological polar surface area (TPSA) is 37.4 Å². The molecule has 112 valence electrons. The van der Waals surface area contributed by atoms with E-state index in [1.54, 1.807) is 0 Å². The molecule has 4 heteroatoms. The number of nitrogens with zero attached hydrogens (tertiary/aromatic N) is 2. The Bertz CT molecular complexity index is 430. The monoisotopic (exact) mass is 277 g/mol. The van der Waals surface area contributed by atoms with Crippen LogP contribution in [0.2, 0.25) is 0 Å². The Labute approximate surface area is 122 Å². The van der Waals surface area contributed by atoms with Crippen molar-refractivity contribution in [2.75, 3.05) is 24.5 Å². The van der Waals surface area contributed by atoms with Crippen LogP contribution < -0.4 is 10.2 Å². The van der Waals surface area contributed by atoms with Crippen molar-refractivity contribution in [2.24, 2.45) is 0 Å². The van der Waals surface area contributed by atoms with Crippen molar-refractivity contribution in [1.29, 1.82) is 0 Å². The molecular formula is C16H27N3O. The van der Waals surface area contributed by atoms with Gasteiger partial charge in [0.15, 0.2) is 0 Å². The van der Waals surface area contributed by atoms with Crippen molar-refractivity contribution in [3.8, 4) is 0 Å². The minimum Gasteiger partial charge on any atom is -0.369 e. The summed E-state index contributed by atoms with van der Waals surface area (Å²) in [4.78, 5) is 6.95. The maximum Gasteiger partial charge on any atom is 0.128 e. The third kappa shape index (κ3) is 3.70. The number of aromatic nitrogens is 1. The maximum absolute atomic E-state index is 5.94. The van der Waals surface area contributed by atoms with Gasteiger partial charge < -0.3 is 15.0 Å². The van der Waals surface area contributed by atoms with E-state index in [2.05, 4.69) is 62.0 Å². The summed E-state index contributed by atoms with van der Waals surface area (Å²) in [5.41, 5.74) is 1.12. The van der Waals surface area contributed by atoms with Crippen LogP contribution in [0.25, 0.3) is 0 Å². The molecule has 0 spiro atoms. The zero-order valence-electron chi connectivity index (χ0n) is 13.3. The highest BCUT2D eigenvalue weighted by Crippen LogP contribution is 2.25. The molecule has 1 aliphatic heterocycles. The van der Waals surface area contributed by atoms with Crippen LogP contribution >= 0.6 is 0 Å². The highest BCUT2D eigenvalue weighted by Gasteiger charge is 2.31. The maximum atomic E-state index is 5.94. The van der Waals surface area contributed by atoms with E-state index in [1.165, 1.54) is 5.56 Å². The van der Waals surface area contributed by atoms with Gasteiger partial charge in [0, 0.05) is 25.3 Å². The zero-order chi connectivity index (χ0) is 14.8. The van der Waals surface area contributed by atoms with Gasteiger partial charge in [-0.05, 0) is 45.9 Å². The molecule has 2 unspecified atom stereocenters. The second-order valence-electron chi connectivity index (χ2n) is 6.30. The van der Waals surface area contributed by atoms with Gasteiger partial charge in [-0.3, -0.25) is 0 Å². The molecule has 1 fully saturated rings. The molecular weight excluding hydrogens is 250 g/mol. The molecule has 0 bridgehead atoms. The molecule has 1 aromatic rings. The van der Waals surface area contributed by atoms with Crippen LogP contribution in [0, 0.1) is 0 Å². The highest BCUT2D eigenvalue weighted by molar-refractivity contribution is 5.41. The first-order valence-corrected chi connectivity index (χ1v) is 7.53. The predicted molar refractivity (Wildman–Crippen MR) is 83.2 cm³/mol. The van der Waals surface area contributed by atoms with E-state index in [0.29, 0.717) is 6.04 Å². The average Bonchev–Trinajstić information content (AvgIpc) is 2.37. The lowest BCUT2D eigenvalue weighted by atomic mass is 10.1. The van der Waals surface area contributed by atoms with Crippen molar-refractivity contribution in [3.05, 3.63) is 23.9 Å². The summed E-state index contributed by atoms with van der Waals surface area (Å²) in [5, 5.41) is 3.41. The second kappa shape index (κ2) is 6.10. The number of hydrogen-bond donors (Lipinski definition) is 1. The van der Waals surface area contributed by atoms with Crippen molar-refractivity contribution >= 4 is 5.82 Å². The van der Waals surface area contributed by atoms with Gasteiger partial charge in [-0.2, -0.15) is 0 Å². The molecule has 0 amide bonds. The largest absolute Gasteiger partial charge is 0.369 e. The van der Waals surface area contributed by atoms with Crippen LogP contribution in [0.1, 0.15) is 46.2 Å². The lowest BCUT2D eigenvalue weighted by molar-refractivity contribution is -0.0751. The summed E-state index contributed by atoms with van der Waals surface area (Å²) in [6, 6.07) is 4.64. The molecule has 2 atom stereocenters. The van der Waals surface area contributed by atoms with Gasteiger partial charge in [0.1, 0.15) is 5.82 Å². The molecule has 0 saturated carbocycles. The quantitative estimate of drug-likeness (QED) is 0.918. The number of hydrogen-bond acceptors (Lipinski definition) is 4. The van der Waals surface area contributed by atoms with Gasteiger partial charge in [0.05, 0.1) is 11.7 Å². The molecule has 1 N–H and O–H groups in total. The minimum atomic E-state index is -0.116. The fraction of sp³-hybridized carbons (Fsp3) is 0.688. The SMILES string of the molecule is CCNC(C)c1ccc(N2CC(C)OC(C)(C)C2)nc1. The number of nitrogens with one attached hydrogen (secondary N) is 1. The highest BCUT2D eigenvalue weighted by atomic mass is 16.5. The van der Waals surface area contributed by atoms with Gasteiger partial charge in [-0.25, -0.2) is 4.98 Å². The van der Waals surface area contributed by atoms with Crippen molar-refractivity contribution in [3.63, 3.8) is 0 Å². The molecule has 0 aromatic carbocycles. The Kier molecular flexibility index (Phi) is 4.66. The van der Waals surface area contributed by atoms with E-state index < -0.39 is 0 Å². The molecule has 2 rings (SSSR count). The summed E-state index contributed by atoms with van der Waals surface area (Å²) in [7, 11) is 0. The average molecular weight is 277 g/mol. The summed E-state index contributed by atoms with van der Waals surface area (Å²) < 4.78 is 5.94. The molecule has 4 nitrogen and oxygen atoms in total. The van der Waals surface area contributed by atoms with E-state index in [-0.39, 0.29) is 11.7 Å². The molecule has 0 aliphatic carbocycles. The van der Waals surface area contributed by atoms with E-state index in [4.69, 9.17) is 4.74 Å². The van der Waals surface area contributed by atoms with Crippen molar-refractivity contribution in [1.82, 2.24) is 10.3 Å². The smallest absolute Gasteiger partial charge is 0.128 e. The summed E-state index contributed by atoms with van der Waals surface area (Å²) >= 11 is 0. The molecule has 0 radical (unpaired) electrons. The van der Waals surface area contributed by atoms with Gasteiger partial charge in [-0.1, -0.05) is 13.0 Å². The van der Waals surface area contributed by atoms with E-state index in [1.807, 2.05) is 6.20 Å². The molecule has 20 heavy (non-hydrogen) atoms. The second-order valence-corrected chi connectivity index (χ2v) is 6.30. The van der Waals surface area contributed by atoms with Crippen LogP contribution in [-0.4, -0.2) is 36.3 Å². The third-order valence-electron chi connectivity index (χ3n) is 3.67. The summed E-state index contributed by atoms with van der Waals surface area (Å²) in [6.45, 7) is 13.4. The molecule has 1 aromatic heterocycles. The number of pyridine rings is 1. The Morgan fingerprint density at radius 1 is 1.50 bits per heavy atom. The fourth-order valence-electron chi connectivity index (χ4n) is 2.89. The molecule has 1 aliphatic rings. The van der Waals surface area contributed by atoms with E-state index >= 15 is 0 Å². The van der Waals surface area contributed by atoms with Crippen LogP contribution in [0.4, 0.5) is 5.82 Å². The van der Waals surface area contributed by atoms with Crippen LogP contribution in [0.15, 0.2) is 18.3 Å². The van der Waals surface area contributed by atoms with Crippen molar-refractivity contribution in [2.45, 2.75) is 52.4 Å². The Morgan fingerprint density at radius 3 is 2.80 bits per heavy atom. The first-order valence-electron chi connectivity index (χ1n) is 7.53. The minimum absolute atomic E-state index is 0.116. The van der Waals surface area contributed by atoms with Gasteiger partial charge in [0.2, 0.25) is 0 Å². The van der Waals surface area contributed by atoms with Crippen LogP contribution in [0.5, 0.6) is 0 Å².